The zero-order valence-electron chi connectivity index (χ0n) is 17.8. The molecule has 33 heavy (non-hydrogen) atoms. The topological polar surface area (TPSA) is 52.6 Å². The lowest BCUT2D eigenvalue weighted by Gasteiger charge is -2.30. The van der Waals surface area contributed by atoms with E-state index in [0.717, 1.165) is 5.56 Å². The zero-order valence-corrected chi connectivity index (χ0v) is 17.8. The molecule has 0 amide bonds. The molecule has 162 valence electrons. The number of hydrogen-bond acceptors (Lipinski definition) is 4. The van der Waals surface area contributed by atoms with E-state index in [4.69, 9.17) is 9.47 Å². The molecule has 0 N–H and O–H groups in total. The van der Waals surface area contributed by atoms with Crippen molar-refractivity contribution in [2.24, 2.45) is 0 Å². The van der Waals surface area contributed by atoms with Gasteiger partial charge in [0.25, 0.3) is 0 Å². The highest BCUT2D eigenvalue weighted by atomic mass is 16.7. The average molecular weight is 434 g/mol. The van der Waals surface area contributed by atoms with Crippen molar-refractivity contribution in [3.63, 3.8) is 0 Å². The highest BCUT2D eigenvalue weighted by Gasteiger charge is 2.61. The minimum atomic E-state index is -1.88. The maximum Gasteiger partial charge on any atom is 0.226 e. The van der Waals surface area contributed by atoms with Crippen molar-refractivity contribution in [1.29, 1.82) is 0 Å². The third-order valence-corrected chi connectivity index (χ3v) is 5.84. The van der Waals surface area contributed by atoms with E-state index in [1.807, 2.05) is 72.8 Å². The Bertz CT molecular complexity index is 1190. The smallest absolute Gasteiger partial charge is 0.226 e. The summed E-state index contributed by atoms with van der Waals surface area (Å²) in [4.78, 5) is 28.2. The van der Waals surface area contributed by atoms with Gasteiger partial charge in [0.2, 0.25) is 17.2 Å². The first-order valence-electron chi connectivity index (χ1n) is 10.8. The van der Waals surface area contributed by atoms with Gasteiger partial charge < -0.3 is 9.47 Å². The Labute approximate surface area is 192 Å². The monoisotopic (exact) mass is 434 g/mol. The first kappa shape index (κ1) is 21.0. The first-order chi connectivity index (χ1) is 16.2. The van der Waals surface area contributed by atoms with Gasteiger partial charge in [-0.05, 0) is 5.56 Å². The lowest BCUT2D eigenvalue weighted by atomic mass is 9.78. The molecule has 1 fully saturated rings. The molecule has 0 radical (unpaired) electrons. The summed E-state index contributed by atoms with van der Waals surface area (Å²) in [7, 11) is 0. The quantitative estimate of drug-likeness (QED) is 0.277. The second kappa shape index (κ2) is 8.94. The second-order valence-corrected chi connectivity index (χ2v) is 7.91. The van der Waals surface area contributed by atoms with E-state index in [0.29, 0.717) is 16.7 Å². The Balaban J connectivity index is 1.71. The fourth-order valence-corrected chi connectivity index (χ4v) is 4.23. The van der Waals surface area contributed by atoms with Crippen molar-refractivity contribution < 1.29 is 19.1 Å². The molecular formula is C29H22O4. The fraction of sp³-hybridized carbons (Fsp3) is 0.103. The van der Waals surface area contributed by atoms with Crippen LogP contribution in [0.15, 0.2) is 121 Å². The zero-order chi connectivity index (χ0) is 22.7. The van der Waals surface area contributed by atoms with Gasteiger partial charge >= 0.3 is 0 Å². The van der Waals surface area contributed by atoms with Crippen molar-refractivity contribution in [2.75, 3.05) is 0 Å². The second-order valence-electron chi connectivity index (χ2n) is 7.91. The summed E-state index contributed by atoms with van der Waals surface area (Å²) in [5.41, 5.74) is 0.330. The van der Waals surface area contributed by atoms with Crippen LogP contribution in [0.25, 0.3) is 0 Å². The summed E-state index contributed by atoms with van der Waals surface area (Å²) in [5.74, 6) is -0.853. The minimum absolute atomic E-state index is 0.389. The van der Waals surface area contributed by atoms with E-state index >= 15 is 0 Å². The summed E-state index contributed by atoms with van der Waals surface area (Å²) in [6.45, 7) is 0. The third kappa shape index (κ3) is 3.80. The van der Waals surface area contributed by atoms with Gasteiger partial charge in [0.15, 0.2) is 6.29 Å². The van der Waals surface area contributed by atoms with Crippen molar-refractivity contribution in [3.8, 4) is 0 Å². The number of ketones is 2. The molecule has 1 aliphatic rings. The summed E-state index contributed by atoms with van der Waals surface area (Å²) in [6, 6.07) is 36.2. The van der Waals surface area contributed by atoms with Gasteiger partial charge in [-0.2, -0.15) is 0 Å². The number of rotatable bonds is 6. The minimum Gasteiger partial charge on any atom is -0.336 e. The van der Waals surface area contributed by atoms with Crippen LogP contribution < -0.4 is 0 Å². The molecule has 5 rings (SSSR count). The van der Waals surface area contributed by atoms with Crippen LogP contribution in [-0.4, -0.2) is 17.2 Å². The summed E-state index contributed by atoms with van der Waals surface area (Å²) in [5, 5.41) is 0. The van der Waals surface area contributed by atoms with Crippen molar-refractivity contribution >= 4 is 11.6 Å². The first-order valence-corrected chi connectivity index (χ1v) is 10.8. The molecule has 0 unspecified atom stereocenters. The standard InChI is InChI=1S/C29H22O4/c30-25(21-13-5-1-6-14-21)29(26(31)22-15-7-2-8-16-22)27(23-17-9-3-10-18-23)32-28(33-29)24-19-11-4-12-20-24/h1-20,27-28H/t27-,28-/m1/s1. The van der Waals surface area contributed by atoms with E-state index in [-0.39, 0.29) is 0 Å². The van der Waals surface area contributed by atoms with Crippen LogP contribution in [0.3, 0.4) is 0 Å². The van der Waals surface area contributed by atoms with Crippen LogP contribution in [0.1, 0.15) is 44.2 Å². The molecule has 0 spiro atoms. The number of carbonyl (C=O) groups is 2. The molecule has 4 nitrogen and oxygen atoms in total. The largest absolute Gasteiger partial charge is 0.336 e. The van der Waals surface area contributed by atoms with Gasteiger partial charge in [-0.3, -0.25) is 9.59 Å². The maximum absolute atomic E-state index is 14.1. The van der Waals surface area contributed by atoms with Gasteiger partial charge in [-0.1, -0.05) is 121 Å². The molecule has 2 atom stereocenters. The molecule has 4 aromatic rings. The average Bonchev–Trinajstić information content (AvgIpc) is 3.32. The predicted molar refractivity (Wildman–Crippen MR) is 125 cm³/mol. The van der Waals surface area contributed by atoms with Gasteiger partial charge in [0.1, 0.15) is 6.10 Å². The fourth-order valence-electron chi connectivity index (χ4n) is 4.23. The van der Waals surface area contributed by atoms with Crippen molar-refractivity contribution in [1.82, 2.24) is 0 Å². The normalized spacial score (nSPS) is 19.2. The van der Waals surface area contributed by atoms with Gasteiger partial charge in [0, 0.05) is 16.7 Å². The van der Waals surface area contributed by atoms with Crippen LogP contribution >= 0.6 is 0 Å². The Morgan fingerprint density at radius 1 is 0.545 bits per heavy atom. The third-order valence-electron chi connectivity index (χ3n) is 5.84. The number of Topliss-reactive ketones (excluding diaryl/α,β-unsaturated/α-hetero) is 2. The number of hydrogen-bond donors (Lipinski definition) is 0. The van der Waals surface area contributed by atoms with Gasteiger partial charge in [-0.25, -0.2) is 0 Å². The number of carbonyl (C=O) groups excluding carboxylic acids is 2. The highest BCUT2D eigenvalue weighted by Crippen LogP contribution is 2.50. The van der Waals surface area contributed by atoms with Crippen molar-refractivity contribution in [2.45, 2.75) is 18.0 Å². The Morgan fingerprint density at radius 3 is 1.39 bits per heavy atom. The van der Waals surface area contributed by atoms with E-state index < -0.39 is 29.6 Å². The van der Waals surface area contributed by atoms with Crippen LogP contribution in [0.5, 0.6) is 0 Å². The molecule has 4 heteroatoms. The molecule has 0 aliphatic carbocycles. The molecular weight excluding hydrogens is 412 g/mol. The van der Waals surface area contributed by atoms with Gasteiger partial charge in [0.05, 0.1) is 0 Å². The lowest BCUT2D eigenvalue weighted by Crippen LogP contribution is -2.50. The van der Waals surface area contributed by atoms with Crippen LogP contribution in [-0.2, 0) is 9.47 Å². The van der Waals surface area contributed by atoms with E-state index in [2.05, 4.69) is 0 Å². The molecule has 0 aromatic heterocycles. The number of benzene rings is 4. The molecule has 4 aromatic carbocycles. The van der Waals surface area contributed by atoms with E-state index in [9.17, 15) is 9.59 Å². The van der Waals surface area contributed by atoms with Crippen LogP contribution in [0.2, 0.25) is 0 Å². The lowest BCUT2D eigenvalue weighted by molar-refractivity contribution is -0.0768. The van der Waals surface area contributed by atoms with Crippen LogP contribution in [0, 0.1) is 0 Å². The van der Waals surface area contributed by atoms with Crippen LogP contribution in [0.4, 0.5) is 0 Å². The van der Waals surface area contributed by atoms with E-state index in [1.165, 1.54) is 0 Å². The Kier molecular flexibility index (Phi) is 5.69. The Hall–Kier alpha value is -3.86. The number of ether oxygens (including phenoxy) is 2. The summed E-state index contributed by atoms with van der Waals surface area (Å²) in [6.07, 6.45) is -1.80. The molecule has 0 bridgehead atoms. The maximum atomic E-state index is 14.1. The predicted octanol–water partition coefficient (Wildman–Crippen LogP) is 5.98. The SMILES string of the molecule is O=C(c1ccccc1)C1(C(=O)c2ccccc2)O[C@H](c2ccccc2)O[C@@H]1c1ccccc1. The summed E-state index contributed by atoms with van der Waals surface area (Å²) >= 11 is 0. The molecule has 0 saturated carbocycles. The molecule has 1 saturated heterocycles. The highest BCUT2D eigenvalue weighted by molar-refractivity contribution is 6.23. The van der Waals surface area contributed by atoms with Crippen molar-refractivity contribution in [3.05, 3.63) is 144 Å². The van der Waals surface area contributed by atoms with E-state index in [1.54, 1.807) is 48.5 Å². The van der Waals surface area contributed by atoms with Gasteiger partial charge in [-0.15, -0.1) is 0 Å². The molecule has 1 aliphatic heterocycles. The molecule has 1 heterocycles. The summed E-state index contributed by atoms with van der Waals surface area (Å²) < 4.78 is 12.8. The Morgan fingerprint density at radius 2 is 0.939 bits per heavy atom.